The molecule has 0 aliphatic carbocycles. The average molecular weight is 308 g/mol. The molecule has 0 saturated carbocycles. The van der Waals surface area contributed by atoms with E-state index >= 15 is 0 Å². The predicted octanol–water partition coefficient (Wildman–Crippen LogP) is 0.465. The first-order valence-corrected chi connectivity index (χ1v) is 6.67. The van der Waals surface area contributed by atoms with E-state index in [0.717, 1.165) is 12.1 Å². The lowest BCUT2D eigenvalue weighted by Crippen LogP contribution is -2.29. The fourth-order valence-corrected chi connectivity index (χ4v) is 1.71. The van der Waals surface area contributed by atoms with E-state index in [-0.39, 0.29) is 11.3 Å². The Kier molecular flexibility index (Phi) is 4.97. The van der Waals surface area contributed by atoms with Crippen LogP contribution in [0.3, 0.4) is 0 Å². The largest absolute Gasteiger partial charge is 0.480 e. The van der Waals surface area contributed by atoms with Gasteiger partial charge in [-0.2, -0.15) is 8.78 Å². The van der Waals surface area contributed by atoms with Crippen molar-refractivity contribution in [1.82, 2.24) is 5.32 Å². The third-order valence-electron chi connectivity index (χ3n) is 2.04. The smallest absolute Gasteiger partial charge is 0.355 e. The van der Waals surface area contributed by atoms with Gasteiger partial charge < -0.3 is 10.4 Å². The number of carboxylic acids is 1. The Bertz CT molecular complexity index is 601. The SMILES string of the molecule is O=C(O)CNC(=O)c1ccc(NS(=O)(=O)C(F)F)cc1. The van der Waals surface area contributed by atoms with E-state index < -0.39 is 34.2 Å². The van der Waals surface area contributed by atoms with Gasteiger partial charge in [0.2, 0.25) is 0 Å². The fraction of sp³-hybridized carbons (Fsp3) is 0.200. The van der Waals surface area contributed by atoms with Crippen molar-refractivity contribution >= 4 is 27.6 Å². The van der Waals surface area contributed by atoms with Gasteiger partial charge in [-0.25, -0.2) is 8.42 Å². The first-order chi connectivity index (χ1) is 9.22. The number of benzene rings is 1. The first-order valence-electron chi connectivity index (χ1n) is 5.12. The number of anilines is 1. The van der Waals surface area contributed by atoms with Crippen molar-refractivity contribution in [2.75, 3.05) is 11.3 Å². The Hall–Kier alpha value is -2.23. The molecule has 20 heavy (non-hydrogen) atoms. The Balaban J connectivity index is 2.74. The summed E-state index contributed by atoms with van der Waals surface area (Å²) in [6.45, 7) is -0.571. The number of nitrogens with one attached hydrogen (secondary N) is 2. The molecular weight excluding hydrogens is 298 g/mol. The Morgan fingerprint density at radius 2 is 1.75 bits per heavy atom. The van der Waals surface area contributed by atoms with Crippen molar-refractivity contribution in [3.63, 3.8) is 0 Å². The minimum atomic E-state index is -4.77. The second kappa shape index (κ2) is 6.28. The minimum Gasteiger partial charge on any atom is -0.480 e. The minimum absolute atomic E-state index is 0.0613. The molecule has 110 valence electrons. The van der Waals surface area contributed by atoms with Crippen LogP contribution in [0.1, 0.15) is 10.4 Å². The molecular formula is C10H10F2N2O5S. The van der Waals surface area contributed by atoms with E-state index in [1.165, 1.54) is 12.1 Å². The number of hydrogen-bond acceptors (Lipinski definition) is 4. The molecule has 0 radical (unpaired) electrons. The molecule has 0 aromatic heterocycles. The number of sulfonamides is 1. The molecule has 0 bridgehead atoms. The number of amides is 1. The highest BCUT2D eigenvalue weighted by Crippen LogP contribution is 2.14. The fourth-order valence-electron chi connectivity index (χ4n) is 1.16. The number of carbonyl (C=O) groups is 2. The molecule has 1 rings (SSSR count). The molecule has 0 aliphatic heterocycles. The quantitative estimate of drug-likeness (QED) is 0.707. The average Bonchev–Trinajstić information content (AvgIpc) is 2.36. The molecule has 3 N–H and O–H groups in total. The topological polar surface area (TPSA) is 113 Å². The molecule has 0 fully saturated rings. The van der Waals surface area contributed by atoms with Crippen molar-refractivity contribution in [3.8, 4) is 0 Å². The number of alkyl halides is 2. The number of aliphatic carboxylic acids is 1. The maximum absolute atomic E-state index is 12.1. The van der Waals surface area contributed by atoms with Crippen molar-refractivity contribution in [1.29, 1.82) is 0 Å². The lowest BCUT2D eigenvalue weighted by atomic mass is 10.2. The lowest BCUT2D eigenvalue weighted by Gasteiger charge is -2.07. The van der Waals surface area contributed by atoms with Gasteiger partial charge in [0.15, 0.2) is 0 Å². The standard InChI is InChI=1S/C10H10F2N2O5S/c11-10(12)20(18,19)14-7-3-1-6(2-4-7)9(17)13-5-8(15)16/h1-4,10,14H,5H2,(H,13,17)(H,15,16). The van der Waals surface area contributed by atoms with Crippen LogP contribution >= 0.6 is 0 Å². The van der Waals surface area contributed by atoms with Crippen molar-refractivity contribution in [2.45, 2.75) is 5.76 Å². The first kappa shape index (κ1) is 15.8. The number of carboxylic acid groups (broad SMARTS) is 1. The van der Waals surface area contributed by atoms with Crippen LogP contribution in [0, 0.1) is 0 Å². The van der Waals surface area contributed by atoms with Crippen LogP contribution < -0.4 is 10.0 Å². The Morgan fingerprint density at radius 1 is 1.20 bits per heavy atom. The number of hydrogen-bond donors (Lipinski definition) is 3. The predicted molar refractivity (Wildman–Crippen MR) is 65.0 cm³/mol. The molecule has 0 unspecified atom stereocenters. The van der Waals surface area contributed by atoms with E-state index in [2.05, 4.69) is 5.32 Å². The molecule has 0 atom stereocenters. The van der Waals surface area contributed by atoms with Gasteiger partial charge in [0.05, 0.1) is 0 Å². The number of rotatable bonds is 6. The molecule has 0 spiro atoms. The Morgan fingerprint density at radius 3 is 2.20 bits per heavy atom. The Labute approximate surface area is 112 Å². The van der Waals surface area contributed by atoms with Gasteiger partial charge in [0.25, 0.3) is 15.9 Å². The summed E-state index contributed by atoms with van der Waals surface area (Å²) in [5.74, 6) is -5.48. The normalized spacial score (nSPS) is 11.2. The van der Waals surface area contributed by atoms with Gasteiger partial charge in [-0.05, 0) is 24.3 Å². The second-order valence-electron chi connectivity index (χ2n) is 3.56. The summed E-state index contributed by atoms with van der Waals surface area (Å²) in [4.78, 5) is 21.7. The zero-order valence-electron chi connectivity index (χ0n) is 9.84. The summed E-state index contributed by atoms with van der Waals surface area (Å²) in [6, 6.07) is 4.55. The van der Waals surface area contributed by atoms with Crippen LogP contribution in [0.5, 0.6) is 0 Å². The van der Waals surface area contributed by atoms with Crippen molar-refractivity contribution < 1.29 is 31.9 Å². The van der Waals surface area contributed by atoms with Crippen LogP contribution in [0.4, 0.5) is 14.5 Å². The molecule has 1 aromatic carbocycles. The summed E-state index contributed by atoms with van der Waals surface area (Å²) in [7, 11) is -4.77. The van der Waals surface area contributed by atoms with Gasteiger partial charge >= 0.3 is 11.7 Å². The number of halogens is 2. The molecule has 10 heteroatoms. The lowest BCUT2D eigenvalue weighted by molar-refractivity contribution is -0.135. The van der Waals surface area contributed by atoms with Crippen LogP contribution in [0.2, 0.25) is 0 Å². The molecule has 1 aromatic rings. The zero-order chi connectivity index (χ0) is 15.3. The zero-order valence-corrected chi connectivity index (χ0v) is 10.7. The third-order valence-corrected chi connectivity index (χ3v) is 3.03. The van der Waals surface area contributed by atoms with Crippen LogP contribution in [-0.4, -0.2) is 37.7 Å². The maximum Gasteiger partial charge on any atom is 0.355 e. The van der Waals surface area contributed by atoms with Gasteiger partial charge in [0, 0.05) is 11.3 Å². The maximum atomic E-state index is 12.1. The van der Waals surface area contributed by atoms with Crippen molar-refractivity contribution in [2.24, 2.45) is 0 Å². The van der Waals surface area contributed by atoms with E-state index in [1.807, 2.05) is 0 Å². The molecule has 7 nitrogen and oxygen atoms in total. The summed E-state index contributed by atoms with van der Waals surface area (Å²) in [5, 5.41) is 10.5. The van der Waals surface area contributed by atoms with Gasteiger partial charge in [-0.15, -0.1) is 0 Å². The van der Waals surface area contributed by atoms with E-state index in [9.17, 15) is 26.8 Å². The van der Waals surface area contributed by atoms with E-state index in [4.69, 9.17) is 5.11 Å². The molecule has 0 aliphatic rings. The monoisotopic (exact) mass is 308 g/mol. The molecule has 0 heterocycles. The third kappa shape index (κ3) is 4.46. The summed E-state index contributed by atoms with van der Waals surface area (Å²) < 4.78 is 47.6. The number of carbonyl (C=O) groups excluding carboxylic acids is 1. The van der Waals surface area contributed by atoms with Gasteiger partial charge in [0.1, 0.15) is 6.54 Å². The highest BCUT2D eigenvalue weighted by atomic mass is 32.2. The van der Waals surface area contributed by atoms with Gasteiger partial charge in [-0.1, -0.05) is 0 Å². The highest BCUT2D eigenvalue weighted by Gasteiger charge is 2.23. The summed E-state index contributed by atoms with van der Waals surface area (Å²) in [5.41, 5.74) is -0.0775. The molecule has 1 amide bonds. The van der Waals surface area contributed by atoms with Crippen molar-refractivity contribution in [3.05, 3.63) is 29.8 Å². The molecule has 0 saturated heterocycles. The summed E-state index contributed by atoms with van der Waals surface area (Å²) >= 11 is 0. The second-order valence-corrected chi connectivity index (χ2v) is 5.21. The van der Waals surface area contributed by atoms with Crippen LogP contribution in [0.25, 0.3) is 0 Å². The van der Waals surface area contributed by atoms with E-state index in [1.54, 1.807) is 4.72 Å². The van der Waals surface area contributed by atoms with E-state index in [0.29, 0.717) is 0 Å². The van der Waals surface area contributed by atoms with Gasteiger partial charge in [-0.3, -0.25) is 14.3 Å². The highest BCUT2D eigenvalue weighted by molar-refractivity contribution is 7.93. The van der Waals surface area contributed by atoms with Crippen LogP contribution in [-0.2, 0) is 14.8 Å². The summed E-state index contributed by atoms with van der Waals surface area (Å²) in [6.07, 6.45) is 0. The van der Waals surface area contributed by atoms with Crippen LogP contribution in [0.15, 0.2) is 24.3 Å².